The number of hydrogen-bond acceptors (Lipinski definition) is 4. The smallest absolute Gasteiger partial charge is 0.326 e. The van der Waals surface area contributed by atoms with E-state index in [0.29, 0.717) is 11.4 Å². The largest absolute Gasteiger partial charge is 0.424 e. The fourth-order valence-electron chi connectivity index (χ4n) is 1.10. The first-order valence-electron chi connectivity index (χ1n) is 5.15. The van der Waals surface area contributed by atoms with Crippen LogP contribution in [0.2, 0.25) is 0 Å². The number of anilines is 1. The SMILES string of the molecule is CO/N=C(\N)Oc1cccc(NC(=O)N(C)C)c1. The predicted octanol–water partition coefficient (Wildman–Crippen LogP) is 1.04. The van der Waals surface area contributed by atoms with E-state index in [9.17, 15) is 4.79 Å². The van der Waals surface area contributed by atoms with Crippen LogP contribution in [0.1, 0.15) is 0 Å². The number of amidine groups is 1. The summed E-state index contributed by atoms with van der Waals surface area (Å²) in [6.07, 6.45) is 0. The van der Waals surface area contributed by atoms with Gasteiger partial charge in [-0.15, -0.1) is 0 Å². The maximum atomic E-state index is 11.5. The van der Waals surface area contributed by atoms with Gasteiger partial charge in [-0.1, -0.05) is 6.07 Å². The van der Waals surface area contributed by atoms with Crippen LogP contribution in [0.3, 0.4) is 0 Å². The van der Waals surface area contributed by atoms with Crippen LogP contribution in [0.25, 0.3) is 0 Å². The van der Waals surface area contributed by atoms with Crippen molar-refractivity contribution in [3.8, 4) is 5.75 Å². The minimum Gasteiger partial charge on any atom is -0.424 e. The van der Waals surface area contributed by atoms with Crippen LogP contribution in [-0.4, -0.2) is 38.2 Å². The summed E-state index contributed by atoms with van der Waals surface area (Å²) in [5.74, 6) is 0.449. The zero-order valence-electron chi connectivity index (χ0n) is 10.5. The quantitative estimate of drug-likeness (QED) is 0.478. The standard InChI is InChI=1S/C11H16N4O3/c1-15(2)11(16)13-8-5-4-6-9(7-8)18-10(12)14-17-3/h4-7H,1-3H3,(H2,12,14)(H,13,16). The molecule has 7 heteroatoms. The van der Waals surface area contributed by atoms with Gasteiger partial charge in [0.2, 0.25) is 0 Å². The first kappa shape index (κ1) is 13.6. The summed E-state index contributed by atoms with van der Waals surface area (Å²) < 4.78 is 5.18. The van der Waals surface area contributed by atoms with Gasteiger partial charge in [-0.2, -0.15) is 0 Å². The first-order chi connectivity index (χ1) is 8.52. The van der Waals surface area contributed by atoms with Crippen molar-refractivity contribution in [3.63, 3.8) is 0 Å². The van der Waals surface area contributed by atoms with Crippen molar-refractivity contribution in [1.82, 2.24) is 4.90 Å². The monoisotopic (exact) mass is 252 g/mol. The lowest BCUT2D eigenvalue weighted by Crippen LogP contribution is -2.27. The van der Waals surface area contributed by atoms with Crippen LogP contribution in [0.15, 0.2) is 29.4 Å². The highest BCUT2D eigenvalue weighted by atomic mass is 16.6. The van der Waals surface area contributed by atoms with Crippen molar-refractivity contribution < 1.29 is 14.4 Å². The topological polar surface area (TPSA) is 89.2 Å². The molecule has 7 nitrogen and oxygen atoms in total. The van der Waals surface area contributed by atoms with Gasteiger partial charge >= 0.3 is 12.1 Å². The highest BCUT2D eigenvalue weighted by Gasteiger charge is 2.05. The number of amides is 2. The van der Waals surface area contributed by atoms with E-state index in [1.54, 1.807) is 38.4 Å². The number of ether oxygens (including phenoxy) is 1. The lowest BCUT2D eigenvalue weighted by atomic mass is 10.3. The summed E-state index contributed by atoms with van der Waals surface area (Å²) in [6.45, 7) is 0. The fraction of sp³-hybridized carbons (Fsp3) is 0.273. The molecule has 0 atom stereocenters. The summed E-state index contributed by atoms with van der Waals surface area (Å²) in [5.41, 5.74) is 6.02. The molecule has 3 N–H and O–H groups in total. The van der Waals surface area contributed by atoms with Crippen LogP contribution in [0.5, 0.6) is 5.75 Å². The molecule has 0 spiro atoms. The van der Waals surface area contributed by atoms with E-state index in [2.05, 4.69) is 15.3 Å². The summed E-state index contributed by atoms with van der Waals surface area (Å²) in [7, 11) is 4.67. The van der Waals surface area contributed by atoms with E-state index in [4.69, 9.17) is 10.5 Å². The lowest BCUT2D eigenvalue weighted by Gasteiger charge is -2.12. The number of nitrogens with zero attached hydrogens (tertiary/aromatic N) is 2. The third-order valence-electron chi connectivity index (χ3n) is 1.90. The van der Waals surface area contributed by atoms with Crippen molar-refractivity contribution in [2.75, 3.05) is 26.5 Å². The van der Waals surface area contributed by atoms with Crippen molar-refractivity contribution in [1.29, 1.82) is 0 Å². The summed E-state index contributed by atoms with van der Waals surface area (Å²) in [4.78, 5) is 17.3. The zero-order chi connectivity index (χ0) is 13.5. The van der Waals surface area contributed by atoms with Gasteiger partial charge in [0.1, 0.15) is 12.9 Å². The average molecular weight is 252 g/mol. The van der Waals surface area contributed by atoms with Gasteiger partial charge in [0.25, 0.3) is 0 Å². The third kappa shape index (κ3) is 4.20. The van der Waals surface area contributed by atoms with E-state index in [-0.39, 0.29) is 12.1 Å². The van der Waals surface area contributed by atoms with E-state index < -0.39 is 0 Å². The molecule has 1 aromatic rings. The predicted molar refractivity (Wildman–Crippen MR) is 68.4 cm³/mol. The van der Waals surface area contributed by atoms with Gasteiger partial charge in [-0.3, -0.25) is 0 Å². The number of rotatable bonds is 3. The van der Waals surface area contributed by atoms with Crippen LogP contribution < -0.4 is 15.8 Å². The fourth-order valence-corrected chi connectivity index (χ4v) is 1.10. The Morgan fingerprint density at radius 3 is 2.78 bits per heavy atom. The molecule has 0 aliphatic carbocycles. The Bertz CT molecular complexity index is 446. The van der Waals surface area contributed by atoms with Gasteiger partial charge in [-0.05, 0) is 17.3 Å². The second kappa shape index (κ2) is 6.33. The Labute approximate surface area is 105 Å². The molecule has 1 aromatic carbocycles. The second-order valence-electron chi connectivity index (χ2n) is 3.57. The van der Waals surface area contributed by atoms with Crippen molar-refractivity contribution >= 4 is 17.7 Å². The summed E-state index contributed by atoms with van der Waals surface area (Å²) in [6, 6.07) is 6.42. The van der Waals surface area contributed by atoms with Crippen molar-refractivity contribution in [2.24, 2.45) is 10.9 Å². The maximum absolute atomic E-state index is 11.5. The number of hydrogen-bond donors (Lipinski definition) is 2. The molecule has 0 fully saturated rings. The molecule has 2 amide bonds. The molecule has 0 saturated heterocycles. The van der Waals surface area contributed by atoms with Crippen molar-refractivity contribution in [2.45, 2.75) is 0 Å². The van der Waals surface area contributed by atoms with Gasteiger partial charge in [0, 0.05) is 25.8 Å². The van der Waals surface area contributed by atoms with Crippen LogP contribution in [0, 0.1) is 0 Å². The number of carbonyl (C=O) groups excluding carboxylic acids is 1. The highest BCUT2D eigenvalue weighted by Crippen LogP contribution is 2.17. The van der Waals surface area contributed by atoms with E-state index in [1.165, 1.54) is 12.0 Å². The Morgan fingerprint density at radius 1 is 1.44 bits per heavy atom. The normalized spacial score (nSPS) is 10.7. The number of nitrogens with two attached hydrogens (primary N) is 1. The molecule has 0 aliphatic rings. The first-order valence-corrected chi connectivity index (χ1v) is 5.15. The molecule has 1 rings (SSSR count). The number of nitrogens with one attached hydrogen (secondary N) is 1. The number of oxime groups is 1. The van der Waals surface area contributed by atoms with Crippen LogP contribution in [0.4, 0.5) is 10.5 Å². The van der Waals surface area contributed by atoms with Crippen LogP contribution >= 0.6 is 0 Å². The Balaban J connectivity index is 2.73. The van der Waals surface area contributed by atoms with E-state index in [1.807, 2.05) is 0 Å². The third-order valence-corrected chi connectivity index (χ3v) is 1.90. The van der Waals surface area contributed by atoms with E-state index >= 15 is 0 Å². The van der Waals surface area contributed by atoms with Gasteiger partial charge in [0.05, 0.1) is 0 Å². The molecule has 98 valence electrons. The molecule has 0 aromatic heterocycles. The number of urea groups is 1. The second-order valence-corrected chi connectivity index (χ2v) is 3.57. The zero-order valence-corrected chi connectivity index (χ0v) is 10.5. The molecular formula is C11H16N4O3. The number of carbonyl (C=O) groups is 1. The molecule has 0 unspecified atom stereocenters. The molecule has 0 saturated carbocycles. The number of benzene rings is 1. The minimum atomic E-state index is -0.231. The summed E-state index contributed by atoms with van der Waals surface area (Å²) in [5, 5.41) is 6.10. The average Bonchev–Trinajstić information content (AvgIpc) is 2.29. The maximum Gasteiger partial charge on any atom is 0.326 e. The molecule has 0 heterocycles. The molecule has 0 bridgehead atoms. The van der Waals surface area contributed by atoms with Gasteiger partial charge in [0.15, 0.2) is 0 Å². The van der Waals surface area contributed by atoms with Gasteiger partial charge < -0.3 is 25.5 Å². The van der Waals surface area contributed by atoms with Crippen molar-refractivity contribution in [3.05, 3.63) is 24.3 Å². The van der Waals surface area contributed by atoms with E-state index in [0.717, 1.165) is 0 Å². The molecule has 0 radical (unpaired) electrons. The molecule has 18 heavy (non-hydrogen) atoms. The Morgan fingerprint density at radius 2 is 2.17 bits per heavy atom. The molecular weight excluding hydrogens is 236 g/mol. The van der Waals surface area contributed by atoms with Gasteiger partial charge in [-0.25, -0.2) is 4.79 Å². The molecule has 0 aliphatic heterocycles. The minimum absolute atomic E-state index is 0.117. The Hall–Kier alpha value is -2.44. The lowest BCUT2D eigenvalue weighted by molar-refractivity contribution is 0.204. The highest BCUT2D eigenvalue weighted by molar-refractivity contribution is 5.89. The Kier molecular flexibility index (Phi) is 4.79. The summed E-state index contributed by atoms with van der Waals surface area (Å²) >= 11 is 0. The van der Waals surface area contributed by atoms with Crippen LogP contribution in [-0.2, 0) is 4.84 Å².